The van der Waals surface area contributed by atoms with Crippen LogP contribution in [0.2, 0.25) is 0 Å². The van der Waals surface area contributed by atoms with Gasteiger partial charge in [0.05, 0.1) is 44.4 Å². The summed E-state index contributed by atoms with van der Waals surface area (Å²) >= 11 is 0. The van der Waals surface area contributed by atoms with Gasteiger partial charge < -0.3 is 20.5 Å². The second-order valence-corrected chi connectivity index (χ2v) is 5.63. The molecular formula is C16H21N5O3. The van der Waals surface area contributed by atoms with E-state index >= 15 is 0 Å². The number of aliphatic hydroxyl groups is 1. The number of aromatic nitrogens is 3. The number of hydrogen-bond donors (Lipinski definition) is 3. The average Bonchev–Trinajstić information content (AvgIpc) is 3.00. The van der Waals surface area contributed by atoms with Crippen LogP contribution in [0.25, 0.3) is 0 Å². The van der Waals surface area contributed by atoms with Gasteiger partial charge in [-0.2, -0.15) is 5.10 Å². The van der Waals surface area contributed by atoms with Crippen LogP contribution in [0.4, 0.5) is 10.5 Å². The third-order valence-electron chi connectivity index (χ3n) is 4.08. The van der Waals surface area contributed by atoms with E-state index < -0.39 is 0 Å². The highest BCUT2D eigenvalue weighted by atomic mass is 16.5. The number of methoxy groups -OCH3 is 1. The lowest BCUT2D eigenvalue weighted by atomic mass is 9.93. The number of carbonyl (C=O) groups excluding carboxylic acids is 1. The molecule has 1 aliphatic carbocycles. The number of rotatable bonds is 5. The monoisotopic (exact) mass is 331 g/mol. The van der Waals surface area contributed by atoms with Crippen LogP contribution in [0, 0.1) is 0 Å². The molecule has 0 fully saturated rings. The molecule has 1 aliphatic rings. The zero-order valence-electron chi connectivity index (χ0n) is 13.5. The minimum atomic E-state index is -0.283. The van der Waals surface area contributed by atoms with E-state index in [-0.39, 0.29) is 18.7 Å². The van der Waals surface area contributed by atoms with Gasteiger partial charge in [-0.05, 0) is 25.3 Å². The molecule has 2 aromatic heterocycles. The van der Waals surface area contributed by atoms with Crippen molar-refractivity contribution in [1.29, 1.82) is 0 Å². The van der Waals surface area contributed by atoms with Crippen LogP contribution in [-0.4, -0.2) is 39.6 Å². The zero-order chi connectivity index (χ0) is 16.9. The third-order valence-corrected chi connectivity index (χ3v) is 4.08. The van der Waals surface area contributed by atoms with Gasteiger partial charge in [-0.25, -0.2) is 9.78 Å². The normalized spacial score (nSPS) is 16.3. The van der Waals surface area contributed by atoms with Gasteiger partial charge in [-0.1, -0.05) is 0 Å². The lowest BCUT2D eigenvalue weighted by molar-refractivity contribution is 0.246. The second-order valence-electron chi connectivity index (χ2n) is 5.63. The summed E-state index contributed by atoms with van der Waals surface area (Å²) in [6.07, 6.45) is 6.08. The van der Waals surface area contributed by atoms with E-state index in [1.807, 2.05) is 4.68 Å². The van der Waals surface area contributed by atoms with Crippen molar-refractivity contribution in [3.05, 3.63) is 35.8 Å². The largest absolute Gasteiger partial charge is 0.481 e. The maximum absolute atomic E-state index is 12.2. The number of hydrogen-bond acceptors (Lipinski definition) is 5. The lowest BCUT2D eigenvalue weighted by Gasteiger charge is -2.24. The number of pyridine rings is 1. The maximum Gasteiger partial charge on any atom is 0.319 e. The topological polar surface area (TPSA) is 101 Å². The molecule has 24 heavy (non-hydrogen) atoms. The minimum absolute atomic E-state index is 0.0527. The quantitative estimate of drug-likeness (QED) is 0.770. The van der Waals surface area contributed by atoms with Gasteiger partial charge in [-0.3, -0.25) is 4.68 Å². The van der Waals surface area contributed by atoms with Crippen molar-refractivity contribution in [2.45, 2.75) is 31.8 Å². The van der Waals surface area contributed by atoms with Crippen LogP contribution in [-0.2, 0) is 13.0 Å². The molecule has 0 bridgehead atoms. The number of carbonyl (C=O) groups is 1. The molecule has 0 saturated heterocycles. The first-order valence-corrected chi connectivity index (χ1v) is 7.94. The van der Waals surface area contributed by atoms with Gasteiger partial charge in [0.2, 0.25) is 5.88 Å². The van der Waals surface area contributed by atoms with Gasteiger partial charge in [0, 0.05) is 17.3 Å². The van der Waals surface area contributed by atoms with E-state index in [4.69, 9.17) is 9.84 Å². The summed E-state index contributed by atoms with van der Waals surface area (Å²) in [6.45, 7) is 0.531. The van der Waals surface area contributed by atoms with Crippen LogP contribution in [0.3, 0.4) is 0 Å². The van der Waals surface area contributed by atoms with Gasteiger partial charge in [-0.15, -0.1) is 0 Å². The Morgan fingerprint density at radius 3 is 3.04 bits per heavy atom. The van der Waals surface area contributed by atoms with Crippen LogP contribution >= 0.6 is 0 Å². The predicted molar refractivity (Wildman–Crippen MR) is 87.9 cm³/mol. The Kier molecular flexibility index (Phi) is 4.95. The summed E-state index contributed by atoms with van der Waals surface area (Å²) in [7, 11) is 1.54. The van der Waals surface area contributed by atoms with E-state index in [0.29, 0.717) is 18.1 Å². The SMILES string of the molecule is COc1ccc(NC(=O)N[C@@H]2CCCc3c2cnn3CCO)cn1. The molecule has 8 heteroatoms. The zero-order valence-corrected chi connectivity index (χ0v) is 13.5. The number of amides is 2. The predicted octanol–water partition coefficient (Wildman–Crippen LogP) is 1.48. The molecule has 128 valence electrons. The fourth-order valence-electron chi connectivity index (χ4n) is 2.96. The Bertz CT molecular complexity index is 698. The molecule has 0 radical (unpaired) electrons. The van der Waals surface area contributed by atoms with E-state index in [9.17, 15) is 4.79 Å². The standard InChI is InChI=1S/C16H21N5O3/c1-24-15-6-5-11(9-17-15)19-16(23)20-13-3-2-4-14-12(13)10-18-21(14)7-8-22/h5-6,9-10,13,22H,2-4,7-8H2,1H3,(H2,19,20,23)/t13-/m1/s1. The Balaban J connectivity index is 1.65. The molecule has 8 nitrogen and oxygen atoms in total. The van der Waals surface area contributed by atoms with Crippen molar-refractivity contribution in [2.75, 3.05) is 19.0 Å². The molecule has 0 unspecified atom stereocenters. The van der Waals surface area contributed by atoms with E-state index in [2.05, 4.69) is 20.7 Å². The summed E-state index contributed by atoms with van der Waals surface area (Å²) in [5.41, 5.74) is 2.71. The third kappa shape index (κ3) is 3.48. The first-order chi connectivity index (χ1) is 11.7. The first kappa shape index (κ1) is 16.3. The van der Waals surface area contributed by atoms with Crippen molar-refractivity contribution in [1.82, 2.24) is 20.1 Å². The molecule has 0 aliphatic heterocycles. The summed E-state index contributed by atoms with van der Waals surface area (Å²) in [4.78, 5) is 16.3. The minimum Gasteiger partial charge on any atom is -0.481 e. The van der Waals surface area contributed by atoms with Crippen molar-refractivity contribution in [3.8, 4) is 5.88 Å². The molecule has 2 heterocycles. The van der Waals surface area contributed by atoms with Crippen LogP contribution in [0.15, 0.2) is 24.5 Å². The molecule has 3 rings (SSSR count). The summed E-state index contributed by atoms with van der Waals surface area (Å²) in [6, 6.07) is 3.06. The molecule has 2 aromatic rings. The summed E-state index contributed by atoms with van der Waals surface area (Å²) < 4.78 is 6.80. The van der Waals surface area contributed by atoms with Crippen LogP contribution in [0.5, 0.6) is 5.88 Å². The lowest BCUT2D eigenvalue weighted by Crippen LogP contribution is -2.34. The molecule has 0 spiro atoms. The van der Waals surface area contributed by atoms with Crippen molar-refractivity contribution < 1.29 is 14.6 Å². The van der Waals surface area contributed by atoms with Crippen molar-refractivity contribution >= 4 is 11.7 Å². The highest BCUT2D eigenvalue weighted by Gasteiger charge is 2.25. The van der Waals surface area contributed by atoms with Gasteiger partial charge in [0.1, 0.15) is 0 Å². The van der Waals surface area contributed by atoms with Crippen molar-refractivity contribution in [2.24, 2.45) is 0 Å². The molecule has 2 amide bonds. The fraction of sp³-hybridized carbons (Fsp3) is 0.438. The number of nitrogens with one attached hydrogen (secondary N) is 2. The number of aliphatic hydroxyl groups excluding tert-OH is 1. The Morgan fingerprint density at radius 2 is 2.33 bits per heavy atom. The summed E-state index contributed by atoms with van der Waals surface area (Å²) in [5.74, 6) is 0.495. The van der Waals surface area contributed by atoms with Crippen LogP contribution in [0.1, 0.15) is 30.1 Å². The Morgan fingerprint density at radius 1 is 1.46 bits per heavy atom. The maximum atomic E-state index is 12.2. The average molecular weight is 331 g/mol. The molecule has 3 N–H and O–H groups in total. The van der Waals surface area contributed by atoms with Gasteiger partial charge >= 0.3 is 6.03 Å². The van der Waals surface area contributed by atoms with Crippen LogP contribution < -0.4 is 15.4 Å². The number of urea groups is 1. The van der Waals surface area contributed by atoms with E-state index in [1.165, 1.54) is 0 Å². The second kappa shape index (κ2) is 7.31. The van der Waals surface area contributed by atoms with Crippen molar-refractivity contribution in [3.63, 3.8) is 0 Å². The summed E-state index contributed by atoms with van der Waals surface area (Å²) in [5, 5.41) is 19.2. The number of anilines is 1. The first-order valence-electron chi connectivity index (χ1n) is 7.94. The molecule has 1 atom stereocenters. The molecule has 0 aromatic carbocycles. The molecule has 0 saturated carbocycles. The highest BCUT2D eigenvalue weighted by molar-refractivity contribution is 5.89. The Labute approximate surface area is 139 Å². The van der Waals surface area contributed by atoms with Gasteiger partial charge in [0.25, 0.3) is 0 Å². The van der Waals surface area contributed by atoms with E-state index in [1.54, 1.807) is 31.6 Å². The van der Waals surface area contributed by atoms with Gasteiger partial charge in [0.15, 0.2) is 0 Å². The molecular weight excluding hydrogens is 310 g/mol. The Hall–Kier alpha value is -2.61. The fourth-order valence-corrected chi connectivity index (χ4v) is 2.96. The van der Waals surface area contributed by atoms with E-state index in [0.717, 1.165) is 30.5 Å². The number of nitrogens with zero attached hydrogens (tertiary/aromatic N) is 3. The number of fused-ring (bicyclic) bond motifs is 1. The smallest absolute Gasteiger partial charge is 0.319 e. The number of ether oxygens (including phenoxy) is 1. The highest BCUT2D eigenvalue weighted by Crippen LogP contribution is 2.29.